The number of rotatable bonds is 8. The summed E-state index contributed by atoms with van der Waals surface area (Å²) in [6.45, 7) is 9.77. The molecule has 0 aliphatic carbocycles. The standard InChI is InChI=1S/C22H29N3O2/c1-15(2)26-21-6-5-17(9-22(21)27-16(3)4)11-25-20-10-19(13-24-14-20)18-7-8-23-12-18/h5-6,9-10,12-16,23,25H,7-8,11H2,1-4H3. The Morgan fingerprint density at radius 1 is 1.04 bits per heavy atom. The molecule has 0 bridgehead atoms. The Balaban J connectivity index is 1.71. The van der Waals surface area contributed by atoms with Crippen molar-refractivity contribution >= 4 is 11.3 Å². The number of hydrogen-bond acceptors (Lipinski definition) is 5. The second-order valence-corrected chi connectivity index (χ2v) is 7.30. The van der Waals surface area contributed by atoms with Crippen LogP contribution in [0.3, 0.4) is 0 Å². The van der Waals surface area contributed by atoms with E-state index in [0.29, 0.717) is 6.54 Å². The Hall–Kier alpha value is -2.69. The van der Waals surface area contributed by atoms with Gasteiger partial charge in [0.2, 0.25) is 0 Å². The SMILES string of the molecule is CC(C)Oc1ccc(CNc2cncc(C3=CNCC3)c2)cc1OC(C)C. The van der Waals surface area contributed by atoms with Gasteiger partial charge in [-0.05, 0) is 69.0 Å². The second kappa shape index (κ2) is 8.80. The molecule has 0 spiro atoms. The number of ether oxygens (including phenoxy) is 2. The number of nitrogens with one attached hydrogen (secondary N) is 2. The normalized spacial score (nSPS) is 13.5. The highest BCUT2D eigenvalue weighted by Crippen LogP contribution is 2.31. The van der Waals surface area contributed by atoms with Gasteiger partial charge >= 0.3 is 0 Å². The summed E-state index contributed by atoms with van der Waals surface area (Å²) >= 11 is 0. The first-order valence-electron chi connectivity index (χ1n) is 9.59. The number of hydrogen-bond donors (Lipinski definition) is 2. The van der Waals surface area contributed by atoms with Crippen molar-refractivity contribution < 1.29 is 9.47 Å². The van der Waals surface area contributed by atoms with E-state index in [9.17, 15) is 0 Å². The lowest BCUT2D eigenvalue weighted by molar-refractivity contribution is 0.198. The number of benzene rings is 1. The molecule has 0 saturated carbocycles. The highest BCUT2D eigenvalue weighted by atomic mass is 16.5. The summed E-state index contributed by atoms with van der Waals surface area (Å²) < 4.78 is 11.8. The molecular formula is C22H29N3O2. The third-order valence-electron chi connectivity index (χ3n) is 4.15. The molecule has 1 aliphatic rings. The molecule has 144 valence electrons. The predicted octanol–water partition coefficient (Wildman–Crippen LogP) is 4.60. The molecule has 2 aromatic rings. The molecule has 1 aliphatic heterocycles. The van der Waals surface area contributed by atoms with Crippen molar-refractivity contribution in [1.29, 1.82) is 0 Å². The fourth-order valence-electron chi connectivity index (χ4n) is 2.98. The number of aromatic nitrogens is 1. The van der Waals surface area contributed by atoms with Crippen LogP contribution in [0.4, 0.5) is 5.69 Å². The van der Waals surface area contributed by atoms with Crippen LogP contribution in [0.25, 0.3) is 5.57 Å². The lowest BCUT2D eigenvalue weighted by atomic mass is 10.1. The Morgan fingerprint density at radius 2 is 1.81 bits per heavy atom. The summed E-state index contributed by atoms with van der Waals surface area (Å²) in [6.07, 6.45) is 7.08. The molecule has 5 nitrogen and oxygen atoms in total. The monoisotopic (exact) mass is 367 g/mol. The molecule has 2 N–H and O–H groups in total. The van der Waals surface area contributed by atoms with E-state index in [2.05, 4.69) is 34.0 Å². The molecule has 0 unspecified atom stereocenters. The molecule has 2 heterocycles. The van der Waals surface area contributed by atoms with Gasteiger partial charge in [0.1, 0.15) is 0 Å². The fraction of sp³-hybridized carbons (Fsp3) is 0.409. The van der Waals surface area contributed by atoms with Gasteiger partial charge in [-0.1, -0.05) is 6.07 Å². The summed E-state index contributed by atoms with van der Waals surface area (Å²) in [6, 6.07) is 8.25. The van der Waals surface area contributed by atoms with E-state index < -0.39 is 0 Å². The Bertz CT molecular complexity index is 800. The first-order chi connectivity index (χ1) is 13.0. The molecule has 0 saturated heterocycles. The first-order valence-corrected chi connectivity index (χ1v) is 9.59. The van der Waals surface area contributed by atoms with Crippen molar-refractivity contribution in [3.63, 3.8) is 0 Å². The van der Waals surface area contributed by atoms with Crippen LogP contribution in [0.1, 0.15) is 45.2 Å². The average molecular weight is 367 g/mol. The number of pyridine rings is 1. The van der Waals surface area contributed by atoms with Gasteiger partial charge in [-0.2, -0.15) is 0 Å². The first kappa shape index (κ1) is 19.1. The maximum atomic E-state index is 5.95. The van der Waals surface area contributed by atoms with Crippen LogP contribution in [0, 0.1) is 0 Å². The maximum absolute atomic E-state index is 5.95. The predicted molar refractivity (Wildman–Crippen MR) is 110 cm³/mol. The smallest absolute Gasteiger partial charge is 0.161 e. The van der Waals surface area contributed by atoms with E-state index in [1.165, 1.54) is 5.57 Å². The fourth-order valence-corrected chi connectivity index (χ4v) is 2.98. The third kappa shape index (κ3) is 5.39. The summed E-state index contributed by atoms with van der Waals surface area (Å²) in [5.74, 6) is 1.57. The molecule has 3 rings (SSSR count). The van der Waals surface area contributed by atoms with Gasteiger partial charge in [-0.3, -0.25) is 4.98 Å². The zero-order valence-electron chi connectivity index (χ0n) is 16.6. The van der Waals surface area contributed by atoms with Crippen LogP contribution in [-0.4, -0.2) is 23.7 Å². The molecule has 5 heteroatoms. The number of nitrogens with zero attached hydrogens (tertiary/aromatic N) is 1. The van der Waals surface area contributed by atoms with Gasteiger partial charge in [-0.15, -0.1) is 0 Å². The quantitative estimate of drug-likeness (QED) is 0.714. The molecule has 0 amide bonds. The van der Waals surface area contributed by atoms with Gasteiger partial charge < -0.3 is 20.1 Å². The van der Waals surface area contributed by atoms with Crippen LogP contribution in [0.5, 0.6) is 11.5 Å². The lowest BCUT2D eigenvalue weighted by Gasteiger charge is -2.18. The zero-order valence-corrected chi connectivity index (χ0v) is 16.6. The van der Waals surface area contributed by atoms with E-state index in [0.717, 1.165) is 41.3 Å². The second-order valence-electron chi connectivity index (χ2n) is 7.30. The van der Waals surface area contributed by atoms with Crippen LogP contribution in [0.15, 0.2) is 42.9 Å². The van der Waals surface area contributed by atoms with Crippen LogP contribution in [0.2, 0.25) is 0 Å². The van der Waals surface area contributed by atoms with E-state index in [1.54, 1.807) is 0 Å². The summed E-state index contributed by atoms with van der Waals surface area (Å²) in [5.41, 5.74) is 4.60. The largest absolute Gasteiger partial charge is 0.487 e. The van der Waals surface area contributed by atoms with Gasteiger partial charge in [0.15, 0.2) is 11.5 Å². The van der Waals surface area contributed by atoms with Crippen molar-refractivity contribution in [1.82, 2.24) is 10.3 Å². The highest BCUT2D eigenvalue weighted by Gasteiger charge is 2.11. The van der Waals surface area contributed by atoms with Crippen molar-refractivity contribution in [2.45, 2.75) is 52.9 Å². The topological polar surface area (TPSA) is 55.4 Å². The minimum atomic E-state index is 0.0944. The molecule has 0 fully saturated rings. The average Bonchev–Trinajstić information content (AvgIpc) is 3.16. The number of anilines is 1. The van der Waals surface area contributed by atoms with E-state index in [4.69, 9.17) is 9.47 Å². The minimum Gasteiger partial charge on any atom is -0.487 e. The zero-order chi connectivity index (χ0) is 19.2. The Kier molecular flexibility index (Phi) is 6.22. The van der Waals surface area contributed by atoms with Crippen LogP contribution in [-0.2, 0) is 6.54 Å². The molecule has 27 heavy (non-hydrogen) atoms. The van der Waals surface area contributed by atoms with Crippen molar-refractivity contribution in [3.8, 4) is 11.5 Å². The molecule has 0 radical (unpaired) electrons. The maximum Gasteiger partial charge on any atom is 0.161 e. The molecule has 0 atom stereocenters. The molecule has 1 aromatic carbocycles. The van der Waals surface area contributed by atoms with Gasteiger partial charge in [-0.25, -0.2) is 0 Å². The van der Waals surface area contributed by atoms with E-state index in [-0.39, 0.29) is 12.2 Å². The van der Waals surface area contributed by atoms with Crippen LogP contribution < -0.4 is 20.1 Å². The highest BCUT2D eigenvalue weighted by molar-refractivity contribution is 5.69. The Morgan fingerprint density at radius 3 is 2.52 bits per heavy atom. The van der Waals surface area contributed by atoms with Crippen molar-refractivity contribution in [3.05, 3.63) is 54.0 Å². The third-order valence-corrected chi connectivity index (χ3v) is 4.15. The summed E-state index contributed by atoms with van der Waals surface area (Å²) in [4.78, 5) is 4.37. The van der Waals surface area contributed by atoms with Gasteiger partial charge in [0, 0.05) is 31.7 Å². The summed E-state index contributed by atoms with van der Waals surface area (Å²) in [5, 5.41) is 6.71. The Labute approximate surface area is 161 Å². The lowest BCUT2D eigenvalue weighted by Crippen LogP contribution is -2.11. The minimum absolute atomic E-state index is 0.0944. The van der Waals surface area contributed by atoms with Crippen molar-refractivity contribution in [2.24, 2.45) is 0 Å². The van der Waals surface area contributed by atoms with Crippen molar-refractivity contribution in [2.75, 3.05) is 11.9 Å². The molecule has 1 aromatic heterocycles. The van der Waals surface area contributed by atoms with E-state index >= 15 is 0 Å². The van der Waals surface area contributed by atoms with Gasteiger partial charge in [0.25, 0.3) is 0 Å². The van der Waals surface area contributed by atoms with Gasteiger partial charge in [0.05, 0.1) is 17.9 Å². The molecular weight excluding hydrogens is 338 g/mol. The van der Waals surface area contributed by atoms with E-state index in [1.807, 2.05) is 52.2 Å². The summed E-state index contributed by atoms with van der Waals surface area (Å²) in [7, 11) is 0. The van der Waals surface area contributed by atoms with Crippen LogP contribution >= 0.6 is 0 Å².